The topological polar surface area (TPSA) is 72.8 Å². The van der Waals surface area contributed by atoms with Crippen molar-refractivity contribution in [2.24, 2.45) is 0 Å². The smallest absolute Gasteiger partial charge is 0.337 e. The summed E-state index contributed by atoms with van der Waals surface area (Å²) in [7, 11) is 0. The minimum atomic E-state index is -1.50. The number of aliphatic hydroxyl groups is 1. The fraction of sp³-hybridized carbons (Fsp3) is 0.733. The molecule has 0 amide bonds. The maximum Gasteiger partial charge on any atom is 0.337 e. The molecule has 0 radical (unpaired) electrons. The first-order valence-electron chi connectivity index (χ1n) is 6.53. The average Bonchev–Trinajstić information content (AvgIpc) is 2.05. The second-order valence-corrected chi connectivity index (χ2v) is 7.15. The number of rotatable bonds is 3. The lowest BCUT2D eigenvalue weighted by Gasteiger charge is -2.26. The molecule has 5 heteroatoms. The van der Waals surface area contributed by atoms with Gasteiger partial charge in [0.05, 0.1) is 11.2 Å². The molecule has 0 heterocycles. The van der Waals surface area contributed by atoms with Crippen molar-refractivity contribution in [3.8, 4) is 0 Å². The van der Waals surface area contributed by atoms with Crippen LogP contribution in [0.5, 0.6) is 0 Å². The van der Waals surface area contributed by atoms with Crippen LogP contribution in [-0.2, 0) is 19.1 Å². The minimum Gasteiger partial charge on any atom is -0.457 e. The van der Waals surface area contributed by atoms with Crippen LogP contribution in [0.4, 0.5) is 0 Å². The number of hydrogen-bond donors (Lipinski definition) is 1. The van der Waals surface area contributed by atoms with E-state index in [1.165, 1.54) is 13.8 Å². The van der Waals surface area contributed by atoms with E-state index in [9.17, 15) is 14.7 Å². The van der Waals surface area contributed by atoms with Crippen LogP contribution in [0.25, 0.3) is 0 Å². The van der Waals surface area contributed by atoms with Crippen LogP contribution >= 0.6 is 0 Å². The zero-order valence-electron chi connectivity index (χ0n) is 13.7. The summed E-state index contributed by atoms with van der Waals surface area (Å²) in [4.78, 5) is 23.8. The van der Waals surface area contributed by atoms with E-state index in [1.54, 1.807) is 41.5 Å². The van der Waals surface area contributed by atoms with Crippen molar-refractivity contribution in [2.45, 2.75) is 72.2 Å². The van der Waals surface area contributed by atoms with Gasteiger partial charge in [0, 0.05) is 6.08 Å². The zero-order valence-corrected chi connectivity index (χ0v) is 13.7. The summed E-state index contributed by atoms with van der Waals surface area (Å²) in [5.41, 5.74) is -3.03. The predicted molar refractivity (Wildman–Crippen MR) is 76.1 cm³/mol. The summed E-state index contributed by atoms with van der Waals surface area (Å²) >= 11 is 0. The Balaban J connectivity index is 5.29. The Bertz CT molecular complexity index is 399. The lowest BCUT2D eigenvalue weighted by molar-refractivity contribution is -0.154. The largest absolute Gasteiger partial charge is 0.457 e. The second kappa shape index (κ2) is 5.95. The first-order valence-corrected chi connectivity index (χ1v) is 6.53. The monoisotopic (exact) mass is 286 g/mol. The second-order valence-electron chi connectivity index (χ2n) is 7.15. The standard InChI is InChI=1S/C15H26O5/c1-13(2,3)19-11(16)9-10(15(7,8)18)12(17)20-14(4,5)6/h9,18H,1-8H3/b10-9+. The first-order chi connectivity index (χ1) is 8.62. The molecule has 0 unspecified atom stereocenters. The third-order valence-electron chi connectivity index (χ3n) is 1.95. The van der Waals surface area contributed by atoms with Gasteiger partial charge in [-0.25, -0.2) is 9.59 Å². The van der Waals surface area contributed by atoms with Crippen LogP contribution in [0, 0.1) is 0 Å². The Morgan fingerprint density at radius 3 is 1.55 bits per heavy atom. The van der Waals surface area contributed by atoms with Gasteiger partial charge in [-0.2, -0.15) is 0 Å². The molecular formula is C15H26O5. The quantitative estimate of drug-likeness (QED) is 0.637. The molecule has 0 aromatic rings. The number of esters is 2. The SMILES string of the molecule is CC(C)(C)OC(=O)/C=C(\C(=O)OC(C)(C)C)C(C)(C)O. The van der Waals surface area contributed by atoms with Gasteiger partial charge in [0.2, 0.25) is 0 Å². The number of hydrogen-bond acceptors (Lipinski definition) is 5. The summed E-state index contributed by atoms with van der Waals surface area (Å²) in [6.07, 6.45) is 0.985. The van der Waals surface area contributed by atoms with E-state index >= 15 is 0 Å². The van der Waals surface area contributed by atoms with Crippen LogP contribution < -0.4 is 0 Å². The van der Waals surface area contributed by atoms with Crippen molar-refractivity contribution in [2.75, 3.05) is 0 Å². The maximum atomic E-state index is 12.0. The fourth-order valence-corrected chi connectivity index (χ4v) is 1.27. The molecule has 0 bridgehead atoms. The molecule has 5 nitrogen and oxygen atoms in total. The summed E-state index contributed by atoms with van der Waals surface area (Å²) in [6.45, 7) is 13.1. The molecule has 0 aliphatic carbocycles. The van der Waals surface area contributed by atoms with E-state index in [0.717, 1.165) is 6.08 Å². The Labute approximate surface area is 121 Å². The lowest BCUT2D eigenvalue weighted by atomic mass is 9.97. The summed E-state index contributed by atoms with van der Waals surface area (Å²) in [6, 6.07) is 0. The van der Waals surface area contributed by atoms with Gasteiger partial charge in [-0.1, -0.05) is 0 Å². The Kier molecular flexibility index (Phi) is 5.55. The predicted octanol–water partition coefficient (Wildman–Crippen LogP) is 2.37. The van der Waals surface area contributed by atoms with E-state index < -0.39 is 28.7 Å². The molecule has 1 N–H and O–H groups in total. The molecule has 0 saturated heterocycles. The van der Waals surface area contributed by atoms with Gasteiger partial charge in [-0.3, -0.25) is 0 Å². The lowest BCUT2D eigenvalue weighted by Crippen LogP contribution is -2.34. The third-order valence-corrected chi connectivity index (χ3v) is 1.95. The van der Waals surface area contributed by atoms with Gasteiger partial charge in [0.15, 0.2) is 0 Å². The average molecular weight is 286 g/mol. The molecule has 0 aromatic heterocycles. The molecule has 0 atom stereocenters. The van der Waals surface area contributed by atoms with Gasteiger partial charge < -0.3 is 14.6 Å². The molecule has 116 valence electrons. The fourth-order valence-electron chi connectivity index (χ4n) is 1.27. The van der Waals surface area contributed by atoms with E-state index in [2.05, 4.69) is 0 Å². The molecule has 0 aliphatic rings. The molecular weight excluding hydrogens is 260 g/mol. The van der Waals surface area contributed by atoms with Gasteiger partial charge in [0.1, 0.15) is 11.2 Å². The zero-order chi connectivity index (χ0) is 16.4. The van der Waals surface area contributed by atoms with Crippen molar-refractivity contribution in [1.82, 2.24) is 0 Å². The van der Waals surface area contributed by atoms with Crippen molar-refractivity contribution in [3.63, 3.8) is 0 Å². The van der Waals surface area contributed by atoms with Crippen molar-refractivity contribution in [3.05, 3.63) is 11.6 Å². The van der Waals surface area contributed by atoms with E-state index in [4.69, 9.17) is 9.47 Å². The maximum absolute atomic E-state index is 12.0. The molecule has 0 aromatic carbocycles. The third kappa shape index (κ3) is 7.94. The van der Waals surface area contributed by atoms with E-state index in [-0.39, 0.29) is 5.57 Å². The van der Waals surface area contributed by atoms with Crippen LogP contribution in [0.15, 0.2) is 11.6 Å². The number of ether oxygens (including phenoxy) is 2. The van der Waals surface area contributed by atoms with Crippen LogP contribution in [-0.4, -0.2) is 33.8 Å². The van der Waals surface area contributed by atoms with Gasteiger partial charge in [-0.15, -0.1) is 0 Å². The van der Waals surface area contributed by atoms with Crippen molar-refractivity contribution >= 4 is 11.9 Å². The number of carbonyl (C=O) groups excluding carboxylic acids is 2. The van der Waals surface area contributed by atoms with Gasteiger partial charge in [-0.05, 0) is 55.4 Å². The normalized spacial score (nSPS) is 13.9. The summed E-state index contributed by atoms with van der Waals surface area (Å²) in [5, 5.41) is 10.0. The molecule has 0 aliphatic heterocycles. The van der Waals surface area contributed by atoms with Gasteiger partial charge >= 0.3 is 11.9 Å². The molecule has 0 rings (SSSR count). The minimum absolute atomic E-state index is 0.137. The van der Waals surface area contributed by atoms with Crippen LogP contribution in [0.3, 0.4) is 0 Å². The molecule has 0 saturated carbocycles. The Hall–Kier alpha value is -1.36. The van der Waals surface area contributed by atoms with Crippen LogP contribution in [0.1, 0.15) is 55.4 Å². The molecule has 0 spiro atoms. The molecule has 20 heavy (non-hydrogen) atoms. The van der Waals surface area contributed by atoms with E-state index in [1.807, 2.05) is 0 Å². The highest BCUT2D eigenvalue weighted by atomic mass is 16.6. The van der Waals surface area contributed by atoms with E-state index in [0.29, 0.717) is 0 Å². The summed E-state index contributed by atoms with van der Waals surface area (Å²) in [5.74, 6) is -1.43. The first kappa shape index (κ1) is 18.6. The number of carbonyl (C=O) groups is 2. The molecule has 0 fully saturated rings. The van der Waals surface area contributed by atoms with Crippen molar-refractivity contribution in [1.29, 1.82) is 0 Å². The highest BCUT2D eigenvalue weighted by Gasteiger charge is 2.31. The Morgan fingerprint density at radius 2 is 1.25 bits per heavy atom. The highest BCUT2D eigenvalue weighted by Crippen LogP contribution is 2.21. The van der Waals surface area contributed by atoms with Crippen LogP contribution in [0.2, 0.25) is 0 Å². The van der Waals surface area contributed by atoms with Gasteiger partial charge in [0.25, 0.3) is 0 Å². The van der Waals surface area contributed by atoms with Crippen molar-refractivity contribution < 1.29 is 24.2 Å². The highest BCUT2D eigenvalue weighted by molar-refractivity contribution is 5.98. The Morgan fingerprint density at radius 1 is 0.850 bits per heavy atom. The summed E-state index contributed by atoms with van der Waals surface area (Å²) < 4.78 is 10.3.